The highest BCUT2D eigenvalue weighted by atomic mass is 15.3. The molecule has 23 heavy (non-hydrogen) atoms. The third kappa shape index (κ3) is 4.21. The van der Waals surface area contributed by atoms with Gasteiger partial charge in [-0.3, -0.25) is 4.90 Å². The van der Waals surface area contributed by atoms with Crippen molar-refractivity contribution >= 4 is 0 Å². The highest BCUT2D eigenvalue weighted by Crippen LogP contribution is 2.29. The van der Waals surface area contributed by atoms with Gasteiger partial charge < -0.3 is 4.90 Å². The molecule has 0 bridgehead atoms. The van der Waals surface area contributed by atoms with Gasteiger partial charge in [-0.2, -0.15) is 0 Å². The molecule has 0 saturated carbocycles. The fourth-order valence-corrected chi connectivity index (χ4v) is 3.47. The summed E-state index contributed by atoms with van der Waals surface area (Å²) < 4.78 is 0. The molecule has 1 heterocycles. The van der Waals surface area contributed by atoms with Gasteiger partial charge in [0.05, 0.1) is 6.04 Å². The Morgan fingerprint density at radius 1 is 0.783 bits per heavy atom. The summed E-state index contributed by atoms with van der Waals surface area (Å²) in [6.07, 6.45) is 2.25. The molecule has 1 aliphatic rings. The summed E-state index contributed by atoms with van der Waals surface area (Å²) in [4.78, 5) is 5.21. The van der Waals surface area contributed by atoms with Crippen molar-refractivity contribution in [2.75, 3.05) is 32.7 Å². The SMILES string of the molecule is [CH2]CCCN1CCN(C(c2ccccc2)c2ccccc2)CC1. The number of hydrogen-bond donors (Lipinski definition) is 0. The van der Waals surface area contributed by atoms with Crippen LogP contribution in [0.25, 0.3) is 0 Å². The minimum absolute atomic E-state index is 0.368. The maximum Gasteiger partial charge on any atom is 0.0602 e. The van der Waals surface area contributed by atoms with Crippen molar-refractivity contribution in [1.29, 1.82) is 0 Å². The summed E-state index contributed by atoms with van der Waals surface area (Å²) in [5.74, 6) is 0. The van der Waals surface area contributed by atoms with Gasteiger partial charge in [0.15, 0.2) is 0 Å². The van der Waals surface area contributed by atoms with E-state index in [-0.39, 0.29) is 0 Å². The highest BCUT2D eigenvalue weighted by molar-refractivity contribution is 5.31. The second kappa shape index (κ2) is 8.28. The highest BCUT2D eigenvalue weighted by Gasteiger charge is 2.25. The van der Waals surface area contributed by atoms with Crippen LogP contribution in [0.2, 0.25) is 0 Å². The Balaban J connectivity index is 1.75. The molecule has 0 unspecified atom stereocenters. The molecular formula is C21H27N2. The summed E-state index contributed by atoms with van der Waals surface area (Å²) in [5, 5.41) is 0. The summed E-state index contributed by atoms with van der Waals surface area (Å²) in [5.41, 5.74) is 2.79. The number of hydrogen-bond acceptors (Lipinski definition) is 2. The maximum absolute atomic E-state index is 3.96. The van der Waals surface area contributed by atoms with Gasteiger partial charge in [-0.25, -0.2) is 0 Å². The van der Waals surface area contributed by atoms with Crippen LogP contribution in [0, 0.1) is 6.92 Å². The Bertz CT molecular complexity index is 519. The molecule has 0 amide bonds. The molecule has 2 heteroatoms. The molecule has 1 radical (unpaired) electrons. The molecule has 1 saturated heterocycles. The summed E-state index contributed by atoms with van der Waals surface area (Å²) in [6.45, 7) is 9.74. The number of benzene rings is 2. The van der Waals surface area contributed by atoms with Gasteiger partial charge in [-0.15, -0.1) is 0 Å². The Labute approximate surface area is 140 Å². The van der Waals surface area contributed by atoms with Gasteiger partial charge in [-0.05, 0) is 24.1 Å². The quantitative estimate of drug-likeness (QED) is 0.795. The lowest BCUT2D eigenvalue weighted by Crippen LogP contribution is -2.48. The van der Waals surface area contributed by atoms with Crippen LogP contribution in [0.1, 0.15) is 30.0 Å². The van der Waals surface area contributed by atoms with Gasteiger partial charge in [0, 0.05) is 26.2 Å². The van der Waals surface area contributed by atoms with E-state index in [9.17, 15) is 0 Å². The minimum atomic E-state index is 0.368. The first-order valence-corrected chi connectivity index (χ1v) is 8.74. The fourth-order valence-electron chi connectivity index (χ4n) is 3.47. The van der Waals surface area contributed by atoms with Crippen LogP contribution >= 0.6 is 0 Å². The molecule has 0 aromatic heterocycles. The summed E-state index contributed by atoms with van der Waals surface area (Å²) in [6, 6.07) is 22.2. The van der Waals surface area contributed by atoms with Crippen LogP contribution in [0.4, 0.5) is 0 Å². The van der Waals surface area contributed by atoms with Crippen molar-refractivity contribution in [1.82, 2.24) is 9.80 Å². The van der Waals surface area contributed by atoms with E-state index in [1.54, 1.807) is 0 Å². The first-order chi connectivity index (χ1) is 11.4. The molecule has 1 aliphatic heterocycles. The van der Waals surface area contributed by atoms with E-state index < -0.39 is 0 Å². The Hall–Kier alpha value is -1.64. The number of nitrogens with zero attached hydrogens (tertiary/aromatic N) is 2. The standard InChI is InChI=1S/C21H27N2/c1-2-3-14-22-15-17-23(18-16-22)21(19-10-6-4-7-11-19)20-12-8-5-9-13-20/h4-13,21H,1-3,14-18H2. The summed E-state index contributed by atoms with van der Waals surface area (Å²) >= 11 is 0. The zero-order chi connectivity index (χ0) is 15.9. The molecule has 0 atom stereocenters. The number of rotatable bonds is 6. The van der Waals surface area contributed by atoms with E-state index >= 15 is 0 Å². The molecule has 0 N–H and O–H groups in total. The molecule has 0 spiro atoms. The first-order valence-electron chi connectivity index (χ1n) is 8.74. The van der Waals surface area contributed by atoms with Crippen LogP contribution in [-0.2, 0) is 0 Å². The van der Waals surface area contributed by atoms with Crippen LogP contribution in [0.15, 0.2) is 60.7 Å². The van der Waals surface area contributed by atoms with E-state index in [4.69, 9.17) is 0 Å². The Morgan fingerprint density at radius 2 is 1.30 bits per heavy atom. The van der Waals surface area contributed by atoms with Crippen LogP contribution in [0.3, 0.4) is 0 Å². The predicted molar refractivity (Wildman–Crippen MR) is 97.3 cm³/mol. The third-order valence-corrected chi connectivity index (χ3v) is 4.73. The molecule has 2 nitrogen and oxygen atoms in total. The maximum atomic E-state index is 3.96. The minimum Gasteiger partial charge on any atom is -0.301 e. The smallest absolute Gasteiger partial charge is 0.0602 e. The topological polar surface area (TPSA) is 6.48 Å². The zero-order valence-corrected chi connectivity index (χ0v) is 13.9. The summed E-state index contributed by atoms with van der Waals surface area (Å²) in [7, 11) is 0. The van der Waals surface area contributed by atoms with E-state index in [2.05, 4.69) is 77.4 Å². The average molecular weight is 307 g/mol. The van der Waals surface area contributed by atoms with E-state index in [0.717, 1.165) is 32.6 Å². The van der Waals surface area contributed by atoms with E-state index in [1.807, 2.05) is 0 Å². The third-order valence-electron chi connectivity index (χ3n) is 4.73. The molecule has 2 aromatic carbocycles. The molecular weight excluding hydrogens is 280 g/mol. The first kappa shape index (κ1) is 16.2. The van der Waals surface area contributed by atoms with Crippen molar-refractivity contribution in [2.45, 2.75) is 18.9 Å². The van der Waals surface area contributed by atoms with Gasteiger partial charge in [0.1, 0.15) is 0 Å². The second-order valence-electron chi connectivity index (χ2n) is 6.31. The fraction of sp³-hybridized carbons (Fsp3) is 0.381. The Morgan fingerprint density at radius 3 is 1.78 bits per heavy atom. The van der Waals surface area contributed by atoms with E-state index in [1.165, 1.54) is 24.1 Å². The van der Waals surface area contributed by atoms with Crippen molar-refractivity contribution in [3.63, 3.8) is 0 Å². The van der Waals surface area contributed by atoms with Gasteiger partial charge in [-0.1, -0.05) is 74.0 Å². The zero-order valence-electron chi connectivity index (χ0n) is 13.9. The van der Waals surface area contributed by atoms with Crippen LogP contribution < -0.4 is 0 Å². The normalized spacial score (nSPS) is 16.8. The molecule has 121 valence electrons. The van der Waals surface area contributed by atoms with Crippen molar-refractivity contribution in [3.8, 4) is 0 Å². The van der Waals surface area contributed by atoms with Crippen LogP contribution in [-0.4, -0.2) is 42.5 Å². The second-order valence-corrected chi connectivity index (χ2v) is 6.31. The van der Waals surface area contributed by atoms with Gasteiger partial charge >= 0.3 is 0 Å². The molecule has 3 rings (SSSR count). The lowest BCUT2D eigenvalue weighted by molar-refractivity contribution is 0.109. The van der Waals surface area contributed by atoms with Crippen molar-refractivity contribution in [2.24, 2.45) is 0 Å². The molecule has 0 aliphatic carbocycles. The van der Waals surface area contributed by atoms with Gasteiger partial charge in [0.2, 0.25) is 0 Å². The number of unbranched alkanes of at least 4 members (excludes halogenated alkanes) is 1. The number of piperazine rings is 1. The predicted octanol–water partition coefficient (Wildman–Crippen LogP) is 4.01. The molecule has 1 fully saturated rings. The van der Waals surface area contributed by atoms with E-state index in [0.29, 0.717) is 6.04 Å². The Kier molecular flexibility index (Phi) is 5.84. The lowest BCUT2D eigenvalue weighted by Gasteiger charge is -2.39. The van der Waals surface area contributed by atoms with Crippen molar-refractivity contribution in [3.05, 3.63) is 78.7 Å². The monoisotopic (exact) mass is 307 g/mol. The average Bonchev–Trinajstić information content (AvgIpc) is 2.63. The van der Waals surface area contributed by atoms with Gasteiger partial charge in [0.25, 0.3) is 0 Å². The largest absolute Gasteiger partial charge is 0.301 e. The lowest BCUT2D eigenvalue weighted by atomic mass is 9.96. The molecule has 2 aromatic rings. The van der Waals surface area contributed by atoms with Crippen molar-refractivity contribution < 1.29 is 0 Å². The van der Waals surface area contributed by atoms with Crippen LogP contribution in [0.5, 0.6) is 0 Å².